The summed E-state index contributed by atoms with van der Waals surface area (Å²) in [5.41, 5.74) is 0. The molecular weight excluding hydrogens is 164 g/mol. The Bertz CT molecular complexity index is 151. The van der Waals surface area contributed by atoms with Crippen molar-refractivity contribution in [1.29, 1.82) is 0 Å². The highest BCUT2D eigenvalue weighted by molar-refractivity contribution is 5.75. The molecule has 0 radical (unpaired) electrons. The number of nitrogens with one attached hydrogen (secondary N) is 2. The van der Waals surface area contributed by atoms with Gasteiger partial charge in [0.25, 0.3) is 0 Å². The van der Waals surface area contributed by atoms with Crippen molar-refractivity contribution in [2.24, 2.45) is 5.92 Å². The lowest BCUT2D eigenvalue weighted by atomic mass is 9.98. The van der Waals surface area contributed by atoms with Crippen molar-refractivity contribution in [3.63, 3.8) is 0 Å². The standard InChI is InChI=1S/C10H20N2O/c1-11-10(13)6-5-9-4-2-3-7-12-8-9/h9,12H,2-8H2,1H3,(H,11,13). The zero-order chi connectivity index (χ0) is 9.52. The third kappa shape index (κ3) is 4.27. The van der Waals surface area contributed by atoms with Crippen molar-refractivity contribution in [3.05, 3.63) is 0 Å². The molecule has 76 valence electrons. The number of hydrogen-bond acceptors (Lipinski definition) is 2. The van der Waals surface area contributed by atoms with Gasteiger partial charge in [-0.2, -0.15) is 0 Å². The molecule has 1 amide bonds. The number of hydrogen-bond donors (Lipinski definition) is 2. The van der Waals surface area contributed by atoms with E-state index in [-0.39, 0.29) is 5.91 Å². The SMILES string of the molecule is CNC(=O)CCC1CCCCNC1. The number of carbonyl (C=O) groups is 1. The molecule has 0 aromatic heterocycles. The minimum absolute atomic E-state index is 0.171. The van der Waals surface area contributed by atoms with Gasteiger partial charge in [-0.3, -0.25) is 4.79 Å². The van der Waals surface area contributed by atoms with Crippen molar-refractivity contribution >= 4 is 5.91 Å². The van der Waals surface area contributed by atoms with Crippen LogP contribution in [0.5, 0.6) is 0 Å². The van der Waals surface area contributed by atoms with Crippen LogP contribution in [0, 0.1) is 5.92 Å². The summed E-state index contributed by atoms with van der Waals surface area (Å²) in [6, 6.07) is 0. The van der Waals surface area contributed by atoms with Crippen molar-refractivity contribution < 1.29 is 4.79 Å². The second kappa shape index (κ2) is 5.97. The first-order chi connectivity index (χ1) is 6.33. The highest BCUT2D eigenvalue weighted by atomic mass is 16.1. The number of carbonyl (C=O) groups excluding carboxylic acids is 1. The Hall–Kier alpha value is -0.570. The summed E-state index contributed by atoms with van der Waals surface area (Å²) in [4.78, 5) is 11.0. The van der Waals surface area contributed by atoms with E-state index in [1.165, 1.54) is 19.3 Å². The molecule has 3 heteroatoms. The summed E-state index contributed by atoms with van der Waals surface area (Å²) >= 11 is 0. The molecule has 1 atom stereocenters. The van der Waals surface area contributed by atoms with Crippen LogP contribution in [-0.2, 0) is 4.79 Å². The molecule has 0 aromatic carbocycles. The summed E-state index contributed by atoms with van der Waals surface area (Å²) in [6.45, 7) is 2.24. The van der Waals surface area contributed by atoms with E-state index in [4.69, 9.17) is 0 Å². The maximum Gasteiger partial charge on any atom is 0.219 e. The fourth-order valence-corrected chi connectivity index (χ4v) is 1.80. The highest BCUT2D eigenvalue weighted by Crippen LogP contribution is 2.16. The van der Waals surface area contributed by atoms with E-state index in [1.807, 2.05) is 0 Å². The smallest absolute Gasteiger partial charge is 0.219 e. The normalized spacial score (nSPS) is 23.6. The van der Waals surface area contributed by atoms with Gasteiger partial charge in [0.05, 0.1) is 0 Å². The second-order valence-electron chi connectivity index (χ2n) is 3.78. The highest BCUT2D eigenvalue weighted by Gasteiger charge is 2.12. The van der Waals surface area contributed by atoms with Gasteiger partial charge in [-0.15, -0.1) is 0 Å². The Morgan fingerprint density at radius 1 is 1.54 bits per heavy atom. The summed E-state index contributed by atoms with van der Waals surface area (Å²) in [5.74, 6) is 0.879. The molecule has 13 heavy (non-hydrogen) atoms. The predicted molar refractivity (Wildman–Crippen MR) is 53.5 cm³/mol. The van der Waals surface area contributed by atoms with E-state index in [0.717, 1.165) is 19.5 Å². The third-order valence-electron chi connectivity index (χ3n) is 2.71. The van der Waals surface area contributed by atoms with Crippen molar-refractivity contribution in [1.82, 2.24) is 10.6 Å². The monoisotopic (exact) mass is 184 g/mol. The van der Waals surface area contributed by atoms with E-state index in [1.54, 1.807) is 7.05 Å². The van der Waals surface area contributed by atoms with Crippen LogP contribution in [-0.4, -0.2) is 26.0 Å². The Morgan fingerprint density at radius 2 is 2.38 bits per heavy atom. The first kappa shape index (κ1) is 10.5. The van der Waals surface area contributed by atoms with Crippen LogP contribution in [0.3, 0.4) is 0 Å². The molecule has 1 saturated heterocycles. The zero-order valence-electron chi connectivity index (χ0n) is 8.44. The van der Waals surface area contributed by atoms with Gasteiger partial charge in [0, 0.05) is 13.5 Å². The van der Waals surface area contributed by atoms with Crippen LogP contribution >= 0.6 is 0 Å². The number of rotatable bonds is 3. The van der Waals surface area contributed by atoms with E-state index in [9.17, 15) is 4.79 Å². The molecule has 1 heterocycles. The van der Waals surface area contributed by atoms with Crippen LogP contribution in [0.1, 0.15) is 32.1 Å². The van der Waals surface area contributed by atoms with Gasteiger partial charge in [0.2, 0.25) is 5.91 Å². The Labute approximate surface area is 80.3 Å². The van der Waals surface area contributed by atoms with Gasteiger partial charge in [0.1, 0.15) is 0 Å². The lowest BCUT2D eigenvalue weighted by Crippen LogP contribution is -2.23. The second-order valence-corrected chi connectivity index (χ2v) is 3.78. The van der Waals surface area contributed by atoms with E-state index >= 15 is 0 Å². The van der Waals surface area contributed by atoms with E-state index < -0.39 is 0 Å². The Morgan fingerprint density at radius 3 is 3.15 bits per heavy atom. The van der Waals surface area contributed by atoms with Crippen LogP contribution < -0.4 is 10.6 Å². The van der Waals surface area contributed by atoms with Gasteiger partial charge < -0.3 is 10.6 Å². The first-order valence-electron chi connectivity index (χ1n) is 5.24. The molecule has 0 spiro atoms. The molecule has 0 bridgehead atoms. The predicted octanol–water partition coefficient (Wildman–Crippen LogP) is 0.902. The van der Waals surface area contributed by atoms with Crippen LogP contribution in [0.4, 0.5) is 0 Å². The molecule has 1 aliphatic heterocycles. The van der Waals surface area contributed by atoms with E-state index in [2.05, 4.69) is 10.6 Å². The minimum atomic E-state index is 0.171. The molecule has 1 fully saturated rings. The third-order valence-corrected chi connectivity index (χ3v) is 2.71. The molecule has 1 rings (SSSR count). The molecular formula is C10H20N2O. The van der Waals surface area contributed by atoms with Crippen LogP contribution in [0.2, 0.25) is 0 Å². The lowest BCUT2D eigenvalue weighted by Gasteiger charge is -2.12. The molecule has 2 N–H and O–H groups in total. The molecule has 3 nitrogen and oxygen atoms in total. The first-order valence-corrected chi connectivity index (χ1v) is 5.24. The largest absolute Gasteiger partial charge is 0.359 e. The Kier molecular flexibility index (Phi) is 4.83. The zero-order valence-corrected chi connectivity index (χ0v) is 8.44. The molecule has 0 aliphatic carbocycles. The maximum absolute atomic E-state index is 11.0. The maximum atomic E-state index is 11.0. The average molecular weight is 184 g/mol. The van der Waals surface area contributed by atoms with Crippen LogP contribution in [0.15, 0.2) is 0 Å². The summed E-state index contributed by atoms with van der Waals surface area (Å²) < 4.78 is 0. The van der Waals surface area contributed by atoms with Crippen molar-refractivity contribution in [3.8, 4) is 0 Å². The lowest BCUT2D eigenvalue weighted by molar-refractivity contribution is -0.120. The van der Waals surface area contributed by atoms with Gasteiger partial charge in [-0.05, 0) is 38.3 Å². The van der Waals surface area contributed by atoms with Gasteiger partial charge >= 0.3 is 0 Å². The van der Waals surface area contributed by atoms with Crippen molar-refractivity contribution in [2.45, 2.75) is 32.1 Å². The Balaban J connectivity index is 2.15. The quantitative estimate of drug-likeness (QED) is 0.684. The molecule has 0 saturated carbocycles. The van der Waals surface area contributed by atoms with E-state index in [0.29, 0.717) is 12.3 Å². The minimum Gasteiger partial charge on any atom is -0.359 e. The molecule has 0 aromatic rings. The average Bonchev–Trinajstić information content (AvgIpc) is 2.42. The molecule has 1 unspecified atom stereocenters. The van der Waals surface area contributed by atoms with Gasteiger partial charge in [0.15, 0.2) is 0 Å². The fourth-order valence-electron chi connectivity index (χ4n) is 1.80. The van der Waals surface area contributed by atoms with Crippen LogP contribution in [0.25, 0.3) is 0 Å². The topological polar surface area (TPSA) is 41.1 Å². The fraction of sp³-hybridized carbons (Fsp3) is 0.900. The summed E-state index contributed by atoms with van der Waals surface area (Å²) in [7, 11) is 1.70. The summed E-state index contributed by atoms with van der Waals surface area (Å²) in [5, 5.41) is 6.07. The van der Waals surface area contributed by atoms with Gasteiger partial charge in [-0.25, -0.2) is 0 Å². The number of amides is 1. The van der Waals surface area contributed by atoms with Gasteiger partial charge in [-0.1, -0.05) is 6.42 Å². The summed E-state index contributed by atoms with van der Waals surface area (Å²) in [6.07, 6.45) is 5.60. The van der Waals surface area contributed by atoms with Crippen molar-refractivity contribution in [2.75, 3.05) is 20.1 Å². The molecule has 1 aliphatic rings.